The van der Waals surface area contributed by atoms with Crippen molar-refractivity contribution in [3.05, 3.63) is 0 Å². The van der Waals surface area contributed by atoms with Gasteiger partial charge in [0.25, 0.3) is 0 Å². The van der Waals surface area contributed by atoms with Gasteiger partial charge in [0, 0.05) is 18.8 Å². The van der Waals surface area contributed by atoms with Gasteiger partial charge in [0.15, 0.2) is 0 Å². The lowest BCUT2D eigenvalue weighted by atomic mass is 9.67. The van der Waals surface area contributed by atoms with Gasteiger partial charge < -0.3 is 10.6 Å². The van der Waals surface area contributed by atoms with E-state index in [4.69, 9.17) is 0 Å². The zero-order valence-corrected chi connectivity index (χ0v) is 14.0. The first-order valence-electron chi connectivity index (χ1n) is 8.08. The van der Waals surface area contributed by atoms with Crippen molar-refractivity contribution in [1.82, 2.24) is 10.6 Å². The zero-order chi connectivity index (χ0) is 15.5. The molecule has 0 aromatic carbocycles. The number of rotatable bonds is 5. The summed E-state index contributed by atoms with van der Waals surface area (Å²) in [7, 11) is -3.00. The summed E-state index contributed by atoms with van der Waals surface area (Å²) in [6.07, 6.45) is 9.06. The molecule has 0 spiro atoms. The van der Waals surface area contributed by atoms with E-state index in [0.29, 0.717) is 11.8 Å². The van der Waals surface area contributed by atoms with E-state index in [0.717, 1.165) is 32.2 Å². The van der Waals surface area contributed by atoms with Gasteiger partial charge in [-0.05, 0) is 43.9 Å². The van der Waals surface area contributed by atoms with Crippen molar-refractivity contribution < 1.29 is 13.2 Å². The van der Waals surface area contributed by atoms with Gasteiger partial charge in [-0.15, -0.1) is 0 Å². The van der Waals surface area contributed by atoms with Crippen molar-refractivity contribution in [1.29, 1.82) is 0 Å². The molecule has 2 amide bonds. The molecule has 2 fully saturated rings. The van der Waals surface area contributed by atoms with Crippen molar-refractivity contribution in [2.75, 3.05) is 12.8 Å². The van der Waals surface area contributed by atoms with Crippen LogP contribution in [0.2, 0.25) is 0 Å². The van der Waals surface area contributed by atoms with Crippen LogP contribution < -0.4 is 10.6 Å². The summed E-state index contributed by atoms with van der Waals surface area (Å²) in [5, 5.41) is 5.63. The Hall–Kier alpha value is -0.780. The third-order valence-electron chi connectivity index (χ3n) is 5.35. The fraction of sp³-hybridized carbons (Fsp3) is 0.933. The minimum atomic E-state index is -3.00. The summed E-state index contributed by atoms with van der Waals surface area (Å²) in [5.74, 6) is 0. The maximum absolute atomic E-state index is 12.0. The number of hydrogen-bond acceptors (Lipinski definition) is 3. The minimum Gasteiger partial charge on any atom is -0.338 e. The van der Waals surface area contributed by atoms with E-state index in [-0.39, 0.29) is 17.3 Å². The monoisotopic (exact) mass is 316 g/mol. The molecule has 0 aliphatic heterocycles. The fourth-order valence-electron chi connectivity index (χ4n) is 3.50. The van der Waals surface area contributed by atoms with Crippen LogP contribution in [0, 0.1) is 5.41 Å². The second kappa shape index (κ2) is 6.55. The number of amides is 2. The molecule has 0 saturated heterocycles. The van der Waals surface area contributed by atoms with E-state index in [1.54, 1.807) is 0 Å². The normalized spacial score (nSPS) is 28.5. The predicted molar refractivity (Wildman–Crippen MR) is 84.0 cm³/mol. The first kappa shape index (κ1) is 16.6. The molecule has 2 N–H and O–H groups in total. The molecule has 2 atom stereocenters. The van der Waals surface area contributed by atoms with Crippen LogP contribution in [0.4, 0.5) is 4.79 Å². The highest BCUT2D eigenvalue weighted by atomic mass is 32.2. The number of nitrogens with one attached hydrogen (secondary N) is 2. The van der Waals surface area contributed by atoms with Crippen LogP contribution in [0.25, 0.3) is 0 Å². The summed E-state index contributed by atoms with van der Waals surface area (Å²) in [6, 6.07) is -0.161. The molecule has 0 radical (unpaired) electrons. The van der Waals surface area contributed by atoms with E-state index in [1.807, 2.05) is 0 Å². The van der Waals surface area contributed by atoms with Crippen LogP contribution in [-0.2, 0) is 9.84 Å². The number of carbonyl (C=O) groups excluding carboxylic acids is 1. The smallest absolute Gasteiger partial charge is 0.315 e. The topological polar surface area (TPSA) is 75.3 Å². The van der Waals surface area contributed by atoms with E-state index in [2.05, 4.69) is 17.6 Å². The van der Waals surface area contributed by atoms with Gasteiger partial charge in [-0.25, -0.2) is 13.2 Å². The minimum absolute atomic E-state index is 0.0163. The largest absolute Gasteiger partial charge is 0.338 e. The lowest BCUT2D eigenvalue weighted by molar-refractivity contribution is 0.125. The zero-order valence-electron chi connectivity index (χ0n) is 13.2. The Labute approximate surface area is 128 Å². The Bertz CT molecular complexity index is 466. The standard InChI is InChI=1S/C15H28N2O3S/c1-3-15(8-5-9-15)11-16-14(18)17-12-6-4-7-13(10-12)21(2,19)20/h12-13H,3-11H2,1-2H3,(H2,16,17,18)/t12-,13+/m1/s1. The van der Waals surface area contributed by atoms with Crippen molar-refractivity contribution in [2.45, 2.75) is 69.6 Å². The molecule has 0 heterocycles. The average molecular weight is 316 g/mol. The second-order valence-electron chi connectivity index (χ2n) is 6.85. The predicted octanol–water partition coefficient (Wildman–Crippen LogP) is 2.22. The molecule has 0 aromatic heterocycles. The molecule has 0 unspecified atom stereocenters. The molecule has 2 aliphatic carbocycles. The van der Waals surface area contributed by atoms with Gasteiger partial charge in [0.05, 0.1) is 5.25 Å². The molecule has 2 aliphatic rings. The molecule has 21 heavy (non-hydrogen) atoms. The average Bonchev–Trinajstić information content (AvgIpc) is 2.37. The van der Waals surface area contributed by atoms with Crippen LogP contribution in [0.15, 0.2) is 0 Å². The highest BCUT2D eigenvalue weighted by molar-refractivity contribution is 7.91. The van der Waals surface area contributed by atoms with Crippen LogP contribution >= 0.6 is 0 Å². The van der Waals surface area contributed by atoms with Gasteiger partial charge in [0.2, 0.25) is 0 Å². The molecular weight excluding hydrogens is 288 g/mol. The van der Waals surface area contributed by atoms with E-state index in [1.165, 1.54) is 25.5 Å². The first-order chi connectivity index (χ1) is 9.85. The third-order valence-corrected chi connectivity index (χ3v) is 6.99. The lowest BCUT2D eigenvalue weighted by Crippen LogP contribution is -2.49. The summed E-state index contributed by atoms with van der Waals surface area (Å²) in [4.78, 5) is 12.0. The maximum atomic E-state index is 12.0. The second-order valence-corrected chi connectivity index (χ2v) is 9.17. The highest BCUT2D eigenvalue weighted by Crippen LogP contribution is 2.43. The Kier molecular flexibility index (Phi) is 5.17. The van der Waals surface area contributed by atoms with Crippen molar-refractivity contribution >= 4 is 15.9 Å². The lowest BCUT2D eigenvalue weighted by Gasteiger charge is -2.41. The van der Waals surface area contributed by atoms with E-state index >= 15 is 0 Å². The molecule has 2 saturated carbocycles. The summed E-state index contributed by atoms with van der Waals surface area (Å²) in [5.41, 5.74) is 0.305. The number of urea groups is 1. The van der Waals surface area contributed by atoms with Crippen LogP contribution in [0.5, 0.6) is 0 Å². The Morgan fingerprint density at radius 2 is 1.95 bits per heavy atom. The highest BCUT2D eigenvalue weighted by Gasteiger charge is 2.35. The molecule has 5 nitrogen and oxygen atoms in total. The Morgan fingerprint density at radius 1 is 1.24 bits per heavy atom. The fourth-order valence-corrected chi connectivity index (χ4v) is 4.68. The third kappa shape index (κ3) is 4.34. The van der Waals surface area contributed by atoms with Crippen molar-refractivity contribution in [3.63, 3.8) is 0 Å². The van der Waals surface area contributed by atoms with Crippen LogP contribution in [0.3, 0.4) is 0 Å². The number of hydrogen-bond donors (Lipinski definition) is 2. The van der Waals surface area contributed by atoms with Gasteiger partial charge in [-0.1, -0.05) is 19.8 Å². The molecule has 2 rings (SSSR count). The van der Waals surface area contributed by atoms with Gasteiger partial charge in [0.1, 0.15) is 9.84 Å². The van der Waals surface area contributed by atoms with Crippen molar-refractivity contribution in [2.24, 2.45) is 5.41 Å². The van der Waals surface area contributed by atoms with Crippen LogP contribution in [-0.4, -0.2) is 38.5 Å². The van der Waals surface area contributed by atoms with Crippen molar-refractivity contribution in [3.8, 4) is 0 Å². The number of sulfone groups is 1. The quantitative estimate of drug-likeness (QED) is 0.816. The molecule has 6 heteroatoms. The van der Waals surface area contributed by atoms with Gasteiger partial charge >= 0.3 is 6.03 Å². The Balaban J connectivity index is 1.77. The first-order valence-corrected chi connectivity index (χ1v) is 10.0. The Morgan fingerprint density at radius 3 is 2.48 bits per heavy atom. The van der Waals surface area contributed by atoms with Crippen LogP contribution in [0.1, 0.15) is 58.3 Å². The molecule has 0 bridgehead atoms. The summed E-state index contributed by atoms with van der Waals surface area (Å²) < 4.78 is 23.3. The molecule has 122 valence electrons. The SMILES string of the molecule is CCC1(CNC(=O)N[C@@H]2CCC[C@H](S(C)(=O)=O)C2)CCC1. The molecular formula is C15H28N2O3S. The summed E-state index contributed by atoms with van der Waals surface area (Å²) in [6.45, 7) is 2.91. The number of carbonyl (C=O) groups is 1. The maximum Gasteiger partial charge on any atom is 0.315 e. The van der Waals surface area contributed by atoms with E-state index < -0.39 is 9.84 Å². The van der Waals surface area contributed by atoms with E-state index in [9.17, 15) is 13.2 Å². The van der Waals surface area contributed by atoms with Gasteiger partial charge in [-0.2, -0.15) is 0 Å². The molecule has 0 aromatic rings. The van der Waals surface area contributed by atoms with Gasteiger partial charge in [-0.3, -0.25) is 0 Å². The summed E-state index contributed by atoms with van der Waals surface area (Å²) >= 11 is 0.